The lowest BCUT2D eigenvalue weighted by Gasteiger charge is -2.10. The van der Waals surface area contributed by atoms with Crippen LogP contribution in [0, 0.1) is 10.1 Å². The highest BCUT2D eigenvalue weighted by Crippen LogP contribution is 2.39. The first kappa shape index (κ1) is 18.4. The topological polar surface area (TPSA) is 100 Å². The van der Waals surface area contributed by atoms with E-state index in [2.05, 4.69) is 15.0 Å². The molecule has 2 heterocycles. The van der Waals surface area contributed by atoms with E-state index in [0.29, 0.717) is 17.0 Å². The van der Waals surface area contributed by atoms with Crippen molar-refractivity contribution in [1.82, 2.24) is 15.0 Å². The van der Waals surface area contributed by atoms with E-state index in [9.17, 15) is 10.1 Å². The zero-order chi connectivity index (χ0) is 21.2. The SMILES string of the molecule is O=[N+]([O-])c1c(Oc2ccc3ccccc3c2)ncnc1Oc1cccc2cccnc12. The average Bonchev–Trinajstić information content (AvgIpc) is 2.79. The van der Waals surface area contributed by atoms with Crippen LogP contribution in [0.5, 0.6) is 23.3 Å². The maximum Gasteiger partial charge on any atom is 0.393 e. The van der Waals surface area contributed by atoms with Gasteiger partial charge in [0, 0.05) is 11.6 Å². The fraction of sp³-hybridized carbons (Fsp3) is 0. The van der Waals surface area contributed by atoms with Gasteiger partial charge >= 0.3 is 17.4 Å². The molecule has 0 unspecified atom stereocenters. The van der Waals surface area contributed by atoms with Gasteiger partial charge < -0.3 is 9.47 Å². The molecule has 0 amide bonds. The molecule has 3 aromatic carbocycles. The molecular weight excluding hydrogens is 396 g/mol. The maximum absolute atomic E-state index is 11.8. The lowest BCUT2D eigenvalue weighted by molar-refractivity contribution is -0.387. The molecule has 0 saturated carbocycles. The minimum atomic E-state index is -0.621. The zero-order valence-corrected chi connectivity index (χ0v) is 16.0. The van der Waals surface area contributed by atoms with Crippen molar-refractivity contribution in [3.05, 3.63) is 95.4 Å². The van der Waals surface area contributed by atoms with Crippen LogP contribution in [0.4, 0.5) is 5.69 Å². The van der Waals surface area contributed by atoms with Crippen LogP contribution >= 0.6 is 0 Å². The summed E-state index contributed by atoms with van der Waals surface area (Å²) in [6, 6.07) is 22.1. The van der Waals surface area contributed by atoms with Crippen LogP contribution in [0.1, 0.15) is 0 Å². The number of nitrogens with zero attached hydrogens (tertiary/aromatic N) is 4. The number of hydrogen-bond acceptors (Lipinski definition) is 7. The summed E-state index contributed by atoms with van der Waals surface area (Å²) >= 11 is 0. The first-order valence-corrected chi connectivity index (χ1v) is 9.37. The Morgan fingerprint density at radius 1 is 0.742 bits per heavy atom. The van der Waals surface area contributed by atoms with Gasteiger partial charge in [0.15, 0.2) is 5.75 Å². The van der Waals surface area contributed by atoms with Gasteiger partial charge in [0.2, 0.25) is 0 Å². The van der Waals surface area contributed by atoms with Crippen LogP contribution in [0.25, 0.3) is 21.7 Å². The zero-order valence-electron chi connectivity index (χ0n) is 16.0. The van der Waals surface area contributed by atoms with Gasteiger partial charge in [0.05, 0.1) is 4.92 Å². The summed E-state index contributed by atoms with van der Waals surface area (Å²) in [5.74, 6) is 0.322. The Bertz CT molecular complexity index is 1430. The van der Waals surface area contributed by atoms with E-state index in [1.54, 1.807) is 36.5 Å². The van der Waals surface area contributed by atoms with E-state index < -0.39 is 10.6 Å². The molecule has 0 aliphatic heterocycles. The molecule has 0 N–H and O–H groups in total. The lowest BCUT2D eigenvalue weighted by atomic mass is 10.1. The number of pyridine rings is 1. The number of aromatic nitrogens is 3. The second-order valence-electron chi connectivity index (χ2n) is 6.63. The molecule has 0 saturated heterocycles. The first-order valence-electron chi connectivity index (χ1n) is 9.37. The third kappa shape index (κ3) is 3.58. The van der Waals surface area contributed by atoms with Crippen LogP contribution < -0.4 is 9.47 Å². The van der Waals surface area contributed by atoms with E-state index in [-0.39, 0.29) is 11.8 Å². The molecule has 0 radical (unpaired) electrons. The number of para-hydroxylation sites is 1. The van der Waals surface area contributed by atoms with E-state index in [1.165, 1.54) is 0 Å². The van der Waals surface area contributed by atoms with Crippen LogP contribution in [0.15, 0.2) is 85.3 Å². The summed E-state index contributed by atoms with van der Waals surface area (Å²) in [5.41, 5.74) is 0.0958. The van der Waals surface area contributed by atoms with Crippen molar-refractivity contribution < 1.29 is 14.4 Å². The van der Waals surface area contributed by atoms with Gasteiger partial charge in [-0.2, -0.15) is 9.97 Å². The second-order valence-corrected chi connectivity index (χ2v) is 6.63. The summed E-state index contributed by atoms with van der Waals surface area (Å²) in [6.45, 7) is 0. The Kier molecular flexibility index (Phi) is 4.57. The standard InChI is InChI=1S/C23H14N4O4/c28-27(29)21-22(30-18-11-10-15-5-1-2-6-17(15)13-18)25-14-26-23(21)31-19-9-3-7-16-8-4-12-24-20(16)19/h1-14H. The van der Waals surface area contributed by atoms with Crippen LogP contribution in [0.3, 0.4) is 0 Å². The van der Waals surface area contributed by atoms with Crippen molar-refractivity contribution in [2.24, 2.45) is 0 Å². The Morgan fingerprint density at radius 2 is 1.48 bits per heavy atom. The van der Waals surface area contributed by atoms with E-state index in [0.717, 1.165) is 22.5 Å². The molecule has 8 heteroatoms. The van der Waals surface area contributed by atoms with E-state index in [4.69, 9.17) is 9.47 Å². The minimum absolute atomic E-state index is 0.210. The van der Waals surface area contributed by atoms with Gasteiger partial charge in [0.1, 0.15) is 17.6 Å². The third-order valence-corrected chi connectivity index (χ3v) is 4.68. The van der Waals surface area contributed by atoms with Gasteiger partial charge in [-0.15, -0.1) is 0 Å². The summed E-state index contributed by atoms with van der Waals surface area (Å²) in [4.78, 5) is 23.5. The number of benzene rings is 3. The molecule has 5 rings (SSSR count). The van der Waals surface area contributed by atoms with Crippen molar-refractivity contribution >= 4 is 27.4 Å². The van der Waals surface area contributed by atoms with Crippen LogP contribution in [-0.4, -0.2) is 19.9 Å². The van der Waals surface area contributed by atoms with Gasteiger partial charge in [-0.1, -0.05) is 48.5 Å². The average molecular weight is 410 g/mol. The van der Waals surface area contributed by atoms with Crippen molar-refractivity contribution in [2.45, 2.75) is 0 Å². The molecule has 150 valence electrons. The highest BCUT2D eigenvalue weighted by Gasteiger charge is 2.27. The summed E-state index contributed by atoms with van der Waals surface area (Å²) in [7, 11) is 0. The molecule has 2 aromatic heterocycles. The smallest absolute Gasteiger partial charge is 0.393 e. The highest BCUT2D eigenvalue weighted by molar-refractivity contribution is 5.85. The van der Waals surface area contributed by atoms with Gasteiger partial charge in [-0.3, -0.25) is 15.1 Å². The fourth-order valence-electron chi connectivity index (χ4n) is 3.26. The Labute approximate surface area is 175 Å². The van der Waals surface area contributed by atoms with Crippen LogP contribution in [0.2, 0.25) is 0 Å². The Hall–Kier alpha value is -4.59. The molecule has 0 spiro atoms. The molecule has 31 heavy (non-hydrogen) atoms. The van der Waals surface area contributed by atoms with Crippen molar-refractivity contribution in [3.8, 4) is 23.3 Å². The molecule has 0 aliphatic carbocycles. The monoisotopic (exact) mass is 410 g/mol. The third-order valence-electron chi connectivity index (χ3n) is 4.68. The van der Waals surface area contributed by atoms with E-state index in [1.807, 2.05) is 42.5 Å². The molecule has 0 atom stereocenters. The maximum atomic E-state index is 11.8. The number of hydrogen-bond donors (Lipinski definition) is 0. The summed E-state index contributed by atoms with van der Waals surface area (Å²) < 4.78 is 11.6. The normalized spacial score (nSPS) is 10.8. The molecule has 0 bridgehead atoms. The largest absolute Gasteiger partial charge is 0.433 e. The fourth-order valence-corrected chi connectivity index (χ4v) is 3.26. The first-order chi connectivity index (χ1) is 15.2. The highest BCUT2D eigenvalue weighted by atomic mass is 16.6. The van der Waals surface area contributed by atoms with Crippen molar-refractivity contribution in [1.29, 1.82) is 0 Å². The number of rotatable bonds is 5. The lowest BCUT2D eigenvalue weighted by Crippen LogP contribution is -2.01. The molecule has 0 fully saturated rings. The number of fused-ring (bicyclic) bond motifs is 2. The molecular formula is C23H14N4O4. The Morgan fingerprint density at radius 3 is 2.32 bits per heavy atom. The number of ether oxygens (including phenoxy) is 2. The quantitative estimate of drug-likeness (QED) is 0.272. The van der Waals surface area contributed by atoms with Gasteiger partial charge in [-0.05, 0) is 35.0 Å². The van der Waals surface area contributed by atoms with Gasteiger partial charge in [-0.25, -0.2) is 0 Å². The van der Waals surface area contributed by atoms with E-state index >= 15 is 0 Å². The molecule has 5 aromatic rings. The minimum Gasteiger partial charge on any atom is -0.433 e. The van der Waals surface area contributed by atoms with Crippen LogP contribution in [-0.2, 0) is 0 Å². The van der Waals surface area contributed by atoms with Crippen molar-refractivity contribution in [2.75, 3.05) is 0 Å². The predicted molar refractivity (Wildman–Crippen MR) is 115 cm³/mol. The number of nitro groups is 1. The van der Waals surface area contributed by atoms with Gasteiger partial charge in [0.25, 0.3) is 0 Å². The predicted octanol–water partition coefficient (Wildman–Crippen LogP) is 5.67. The summed E-state index contributed by atoms with van der Waals surface area (Å²) in [5, 5.41) is 14.7. The van der Waals surface area contributed by atoms with Crippen molar-refractivity contribution in [3.63, 3.8) is 0 Å². The summed E-state index contributed by atoms with van der Waals surface area (Å²) in [6.07, 6.45) is 2.79. The molecule has 0 aliphatic rings. The Balaban J connectivity index is 1.54. The molecule has 8 nitrogen and oxygen atoms in total. The second kappa shape index (κ2) is 7.68.